The largest absolute Gasteiger partial charge is 0.353 e. The van der Waals surface area contributed by atoms with Crippen molar-refractivity contribution in [2.75, 3.05) is 18.4 Å². The average molecular weight is 375 g/mol. The Morgan fingerprint density at radius 1 is 1.08 bits per heavy atom. The van der Waals surface area contributed by atoms with Gasteiger partial charge in [0.05, 0.1) is 0 Å². The molecule has 2 N–H and O–H groups in total. The second-order valence-electron chi connectivity index (χ2n) is 6.89. The molecule has 26 heavy (non-hydrogen) atoms. The number of aryl methyl sites for hydroxylation is 2. The van der Waals surface area contributed by atoms with Crippen molar-refractivity contribution in [3.05, 3.63) is 46.3 Å². The summed E-state index contributed by atoms with van der Waals surface area (Å²) in [5.74, 6) is -0.331. The van der Waals surface area contributed by atoms with Crippen LogP contribution in [-0.4, -0.2) is 36.7 Å². The van der Waals surface area contributed by atoms with Gasteiger partial charge in [-0.25, -0.2) is 8.42 Å². The number of anilines is 1. The third-order valence-corrected chi connectivity index (χ3v) is 7.28. The molecule has 0 bridgehead atoms. The number of hydrogen-bond donors (Lipinski definition) is 2. The number of benzene rings is 1. The van der Waals surface area contributed by atoms with E-state index < -0.39 is 10.0 Å². The molecular weight excluding hydrogens is 350 g/mol. The maximum Gasteiger partial charge on any atom is 0.272 e. The lowest BCUT2D eigenvalue weighted by molar-refractivity contribution is 0.102. The summed E-state index contributed by atoms with van der Waals surface area (Å²) in [6.07, 6.45) is 1.75. The fourth-order valence-electron chi connectivity index (χ4n) is 3.48. The molecule has 1 amide bonds. The Balaban J connectivity index is 1.95. The van der Waals surface area contributed by atoms with Gasteiger partial charge in [0, 0.05) is 24.5 Å². The number of sulfonamides is 1. The number of nitrogens with one attached hydrogen (secondary N) is 2. The van der Waals surface area contributed by atoms with Crippen LogP contribution in [-0.2, 0) is 10.0 Å². The first kappa shape index (κ1) is 18.7. The van der Waals surface area contributed by atoms with E-state index in [0.29, 0.717) is 30.0 Å². The molecule has 2 aromatic rings. The van der Waals surface area contributed by atoms with Crippen molar-refractivity contribution in [2.24, 2.45) is 0 Å². The second-order valence-corrected chi connectivity index (χ2v) is 8.77. The van der Waals surface area contributed by atoms with Gasteiger partial charge in [-0.05, 0) is 63.3 Å². The van der Waals surface area contributed by atoms with Gasteiger partial charge in [0.25, 0.3) is 5.91 Å². The van der Waals surface area contributed by atoms with Gasteiger partial charge < -0.3 is 10.3 Å². The van der Waals surface area contributed by atoms with E-state index in [1.165, 1.54) is 4.31 Å². The van der Waals surface area contributed by atoms with Gasteiger partial charge in [-0.3, -0.25) is 4.79 Å². The molecule has 2 heterocycles. The van der Waals surface area contributed by atoms with Crippen molar-refractivity contribution in [1.82, 2.24) is 9.29 Å². The maximum atomic E-state index is 12.9. The fourth-order valence-corrected chi connectivity index (χ4v) is 5.40. The zero-order valence-electron chi connectivity index (χ0n) is 15.6. The van der Waals surface area contributed by atoms with Gasteiger partial charge in [0.1, 0.15) is 10.6 Å². The quantitative estimate of drug-likeness (QED) is 0.860. The minimum absolute atomic E-state index is 0.227. The third-order valence-electron chi connectivity index (χ3n) is 5.11. The highest BCUT2D eigenvalue weighted by Gasteiger charge is 2.33. The fraction of sp³-hybridized carbons (Fsp3) is 0.421. The minimum atomic E-state index is -3.58. The highest BCUT2D eigenvalue weighted by atomic mass is 32.2. The van der Waals surface area contributed by atoms with Gasteiger partial charge >= 0.3 is 0 Å². The molecule has 0 unspecified atom stereocenters. The van der Waals surface area contributed by atoms with Crippen LogP contribution in [0.25, 0.3) is 0 Å². The first-order chi connectivity index (χ1) is 12.2. The lowest BCUT2D eigenvalue weighted by Gasteiger charge is -2.16. The lowest BCUT2D eigenvalue weighted by atomic mass is 10.1. The van der Waals surface area contributed by atoms with Crippen molar-refractivity contribution in [2.45, 2.75) is 45.4 Å². The monoisotopic (exact) mass is 375 g/mol. The van der Waals surface area contributed by atoms with Gasteiger partial charge in [-0.1, -0.05) is 12.1 Å². The zero-order valence-corrected chi connectivity index (χ0v) is 16.5. The standard InChI is InChI=1S/C19H25N3O3S/c1-12-8-7-9-16(13(12)2)21-19(23)17-14(3)18(15(4)20-17)26(24,25)22-10-5-6-11-22/h7-9,20H,5-6,10-11H2,1-4H3,(H,21,23). The summed E-state index contributed by atoms with van der Waals surface area (Å²) in [6, 6.07) is 5.71. The number of rotatable bonds is 4. The van der Waals surface area contributed by atoms with Crippen molar-refractivity contribution in [3.63, 3.8) is 0 Å². The number of carbonyl (C=O) groups excluding carboxylic acids is 1. The summed E-state index contributed by atoms with van der Waals surface area (Å²) in [4.78, 5) is 16.0. The topological polar surface area (TPSA) is 82.3 Å². The number of amides is 1. The van der Waals surface area contributed by atoms with Gasteiger partial charge in [-0.15, -0.1) is 0 Å². The molecular formula is C19H25N3O3S. The Bertz CT molecular complexity index is 955. The van der Waals surface area contributed by atoms with Crippen LogP contribution in [0.3, 0.4) is 0 Å². The van der Waals surface area contributed by atoms with Crippen LogP contribution in [0.1, 0.15) is 45.7 Å². The molecule has 1 fully saturated rings. The SMILES string of the molecule is Cc1cccc(NC(=O)c2[nH]c(C)c(S(=O)(=O)N3CCCC3)c2C)c1C. The van der Waals surface area contributed by atoms with E-state index in [0.717, 1.165) is 29.7 Å². The van der Waals surface area contributed by atoms with Crippen LogP contribution in [0.15, 0.2) is 23.1 Å². The van der Waals surface area contributed by atoms with Gasteiger partial charge in [-0.2, -0.15) is 4.31 Å². The molecule has 1 aromatic heterocycles. The van der Waals surface area contributed by atoms with Crippen LogP contribution >= 0.6 is 0 Å². The Morgan fingerprint density at radius 3 is 2.38 bits per heavy atom. The van der Waals surface area contributed by atoms with Crippen LogP contribution in [0, 0.1) is 27.7 Å². The number of hydrogen-bond acceptors (Lipinski definition) is 3. The first-order valence-electron chi connectivity index (χ1n) is 8.80. The Kier molecular flexibility index (Phi) is 4.94. The summed E-state index contributed by atoms with van der Waals surface area (Å²) in [5, 5.41) is 2.89. The third kappa shape index (κ3) is 3.17. The molecule has 7 heteroatoms. The predicted molar refractivity (Wildman–Crippen MR) is 102 cm³/mol. The van der Waals surface area contributed by atoms with Crippen LogP contribution in [0.2, 0.25) is 0 Å². The Morgan fingerprint density at radius 2 is 1.73 bits per heavy atom. The number of aromatic nitrogens is 1. The molecule has 140 valence electrons. The van der Waals surface area contributed by atoms with Crippen molar-refractivity contribution in [3.8, 4) is 0 Å². The number of H-pyrrole nitrogens is 1. The van der Waals surface area contributed by atoms with Crippen LogP contribution in [0.5, 0.6) is 0 Å². The molecule has 0 radical (unpaired) electrons. The van der Waals surface area contributed by atoms with E-state index in [2.05, 4.69) is 10.3 Å². The molecule has 1 saturated heterocycles. The van der Waals surface area contributed by atoms with E-state index in [9.17, 15) is 13.2 Å². The molecule has 0 aliphatic carbocycles. The number of nitrogens with zero attached hydrogens (tertiary/aromatic N) is 1. The van der Waals surface area contributed by atoms with Crippen molar-refractivity contribution < 1.29 is 13.2 Å². The maximum absolute atomic E-state index is 12.9. The molecule has 1 aromatic carbocycles. The van der Waals surface area contributed by atoms with E-state index in [1.54, 1.807) is 13.8 Å². The minimum Gasteiger partial charge on any atom is -0.353 e. The lowest BCUT2D eigenvalue weighted by Crippen LogP contribution is -2.28. The molecule has 1 aliphatic rings. The van der Waals surface area contributed by atoms with E-state index >= 15 is 0 Å². The average Bonchev–Trinajstić information content (AvgIpc) is 3.20. The zero-order chi connectivity index (χ0) is 19.1. The highest BCUT2D eigenvalue weighted by Crippen LogP contribution is 2.29. The second kappa shape index (κ2) is 6.89. The van der Waals surface area contributed by atoms with E-state index in [1.807, 2.05) is 32.0 Å². The highest BCUT2D eigenvalue weighted by molar-refractivity contribution is 7.89. The summed E-state index contributed by atoms with van der Waals surface area (Å²) in [6.45, 7) is 8.39. The number of aromatic amines is 1. The van der Waals surface area contributed by atoms with Crippen molar-refractivity contribution >= 4 is 21.6 Å². The summed E-state index contributed by atoms with van der Waals surface area (Å²) >= 11 is 0. The number of carbonyl (C=O) groups is 1. The summed E-state index contributed by atoms with van der Waals surface area (Å²) in [5.41, 5.74) is 4.07. The van der Waals surface area contributed by atoms with E-state index in [4.69, 9.17) is 0 Å². The molecule has 0 atom stereocenters. The van der Waals surface area contributed by atoms with Crippen LogP contribution in [0.4, 0.5) is 5.69 Å². The van der Waals surface area contributed by atoms with Crippen LogP contribution < -0.4 is 5.32 Å². The first-order valence-corrected chi connectivity index (χ1v) is 10.2. The van der Waals surface area contributed by atoms with Gasteiger partial charge in [0.15, 0.2) is 0 Å². The molecule has 3 rings (SSSR count). The smallest absolute Gasteiger partial charge is 0.272 e. The predicted octanol–water partition coefficient (Wildman–Crippen LogP) is 3.29. The Hall–Kier alpha value is -2.12. The van der Waals surface area contributed by atoms with Gasteiger partial charge in [0.2, 0.25) is 10.0 Å². The Labute approximate surface area is 154 Å². The summed E-state index contributed by atoms with van der Waals surface area (Å²) in [7, 11) is -3.58. The summed E-state index contributed by atoms with van der Waals surface area (Å²) < 4.78 is 27.4. The molecule has 0 spiro atoms. The normalized spacial score (nSPS) is 15.4. The molecule has 1 aliphatic heterocycles. The molecule has 6 nitrogen and oxygen atoms in total. The van der Waals surface area contributed by atoms with Crippen molar-refractivity contribution in [1.29, 1.82) is 0 Å². The van der Waals surface area contributed by atoms with E-state index in [-0.39, 0.29) is 10.8 Å². The molecule has 0 saturated carbocycles.